The standard InChI is InChI=1S/C22H27N5O/c1-17(2)25-22(28)26-21-10-8-18(9-11-21)12-23-13-20-14-24-27(16-20)15-19-6-4-3-5-7-19/h3-11,14,16-17,23H,12-13,15H2,1-2H3,(H2,25,26,28). The molecule has 3 rings (SSSR count). The highest BCUT2D eigenvalue weighted by Crippen LogP contribution is 2.10. The van der Waals surface area contributed by atoms with Crippen LogP contribution in [0.1, 0.15) is 30.5 Å². The summed E-state index contributed by atoms with van der Waals surface area (Å²) in [5, 5.41) is 13.5. The molecule has 2 aromatic carbocycles. The minimum Gasteiger partial charge on any atom is -0.336 e. The number of anilines is 1. The molecule has 2 amide bonds. The van der Waals surface area contributed by atoms with E-state index in [0.717, 1.165) is 36.4 Å². The number of amides is 2. The van der Waals surface area contributed by atoms with E-state index in [1.807, 2.05) is 67.2 Å². The van der Waals surface area contributed by atoms with Crippen molar-refractivity contribution in [3.63, 3.8) is 0 Å². The van der Waals surface area contributed by atoms with Gasteiger partial charge in [0, 0.05) is 36.6 Å². The van der Waals surface area contributed by atoms with Crippen molar-refractivity contribution in [2.75, 3.05) is 5.32 Å². The number of urea groups is 1. The predicted octanol–water partition coefficient (Wildman–Crippen LogP) is 3.75. The van der Waals surface area contributed by atoms with Gasteiger partial charge in [-0.1, -0.05) is 42.5 Å². The number of hydrogen-bond acceptors (Lipinski definition) is 3. The lowest BCUT2D eigenvalue weighted by molar-refractivity contribution is 0.250. The zero-order valence-corrected chi connectivity index (χ0v) is 16.4. The van der Waals surface area contributed by atoms with E-state index >= 15 is 0 Å². The van der Waals surface area contributed by atoms with E-state index in [2.05, 4.69) is 39.4 Å². The molecule has 0 saturated heterocycles. The van der Waals surface area contributed by atoms with Crippen molar-refractivity contribution in [1.82, 2.24) is 20.4 Å². The lowest BCUT2D eigenvalue weighted by atomic mass is 10.2. The van der Waals surface area contributed by atoms with Gasteiger partial charge < -0.3 is 16.0 Å². The average molecular weight is 377 g/mol. The molecule has 0 radical (unpaired) electrons. The molecule has 0 saturated carbocycles. The van der Waals surface area contributed by atoms with E-state index in [1.54, 1.807) is 0 Å². The first-order valence-corrected chi connectivity index (χ1v) is 9.51. The molecule has 0 spiro atoms. The number of rotatable bonds is 8. The Morgan fingerprint density at radius 2 is 1.68 bits per heavy atom. The van der Waals surface area contributed by atoms with Gasteiger partial charge in [0.05, 0.1) is 12.7 Å². The zero-order valence-electron chi connectivity index (χ0n) is 16.4. The molecule has 28 heavy (non-hydrogen) atoms. The van der Waals surface area contributed by atoms with Gasteiger partial charge in [-0.25, -0.2) is 4.79 Å². The smallest absolute Gasteiger partial charge is 0.319 e. The van der Waals surface area contributed by atoms with Gasteiger partial charge in [-0.3, -0.25) is 4.68 Å². The molecular weight excluding hydrogens is 350 g/mol. The monoisotopic (exact) mass is 377 g/mol. The summed E-state index contributed by atoms with van der Waals surface area (Å²) in [5.74, 6) is 0. The summed E-state index contributed by atoms with van der Waals surface area (Å²) in [4.78, 5) is 11.7. The minimum atomic E-state index is -0.187. The van der Waals surface area contributed by atoms with E-state index in [0.29, 0.717) is 0 Å². The first kappa shape index (κ1) is 19.6. The second-order valence-electron chi connectivity index (χ2n) is 7.09. The molecule has 0 fully saturated rings. The molecule has 0 aliphatic heterocycles. The fourth-order valence-corrected chi connectivity index (χ4v) is 2.84. The third-order valence-corrected chi connectivity index (χ3v) is 4.16. The van der Waals surface area contributed by atoms with Crippen molar-refractivity contribution in [2.45, 2.75) is 39.5 Å². The summed E-state index contributed by atoms with van der Waals surface area (Å²) in [6, 6.07) is 18.1. The predicted molar refractivity (Wildman–Crippen MR) is 112 cm³/mol. The maximum absolute atomic E-state index is 11.7. The van der Waals surface area contributed by atoms with Crippen LogP contribution >= 0.6 is 0 Å². The van der Waals surface area contributed by atoms with Crippen LogP contribution in [-0.2, 0) is 19.6 Å². The number of aromatic nitrogens is 2. The average Bonchev–Trinajstić information content (AvgIpc) is 3.10. The third-order valence-electron chi connectivity index (χ3n) is 4.16. The molecule has 146 valence electrons. The maximum Gasteiger partial charge on any atom is 0.319 e. The summed E-state index contributed by atoms with van der Waals surface area (Å²) >= 11 is 0. The highest BCUT2D eigenvalue weighted by molar-refractivity contribution is 5.89. The molecule has 1 heterocycles. The van der Waals surface area contributed by atoms with E-state index in [1.165, 1.54) is 5.56 Å². The first-order valence-electron chi connectivity index (χ1n) is 9.51. The Kier molecular flexibility index (Phi) is 6.81. The number of carbonyl (C=O) groups excluding carboxylic acids is 1. The molecule has 0 aliphatic carbocycles. The molecule has 0 unspecified atom stereocenters. The number of nitrogens with zero attached hydrogens (tertiary/aromatic N) is 2. The Labute approximate surface area is 166 Å². The second-order valence-corrected chi connectivity index (χ2v) is 7.09. The van der Waals surface area contributed by atoms with E-state index in [9.17, 15) is 4.79 Å². The highest BCUT2D eigenvalue weighted by Gasteiger charge is 2.04. The molecule has 0 aliphatic rings. The fraction of sp³-hybridized carbons (Fsp3) is 0.273. The summed E-state index contributed by atoms with van der Waals surface area (Å²) in [6.07, 6.45) is 3.97. The Bertz CT molecular complexity index is 871. The Morgan fingerprint density at radius 1 is 0.964 bits per heavy atom. The Morgan fingerprint density at radius 3 is 2.39 bits per heavy atom. The van der Waals surface area contributed by atoms with Crippen molar-refractivity contribution in [3.05, 3.63) is 83.7 Å². The van der Waals surface area contributed by atoms with Crippen molar-refractivity contribution < 1.29 is 4.79 Å². The Balaban J connectivity index is 1.43. The van der Waals surface area contributed by atoms with Gasteiger partial charge in [0.15, 0.2) is 0 Å². The van der Waals surface area contributed by atoms with Crippen LogP contribution in [-0.4, -0.2) is 21.9 Å². The SMILES string of the molecule is CC(C)NC(=O)Nc1ccc(CNCc2cnn(Cc3ccccc3)c2)cc1. The molecule has 0 bridgehead atoms. The number of hydrogen-bond donors (Lipinski definition) is 3. The summed E-state index contributed by atoms with van der Waals surface area (Å²) in [7, 11) is 0. The van der Waals surface area contributed by atoms with Crippen molar-refractivity contribution in [2.24, 2.45) is 0 Å². The van der Waals surface area contributed by atoms with Gasteiger partial charge >= 0.3 is 6.03 Å². The van der Waals surface area contributed by atoms with Crippen LogP contribution in [0.2, 0.25) is 0 Å². The van der Waals surface area contributed by atoms with Crippen LogP contribution in [0.15, 0.2) is 67.0 Å². The molecule has 6 heteroatoms. The van der Waals surface area contributed by atoms with E-state index < -0.39 is 0 Å². The molecule has 6 nitrogen and oxygen atoms in total. The van der Waals surface area contributed by atoms with Crippen LogP contribution in [0.25, 0.3) is 0 Å². The molecule has 1 aromatic heterocycles. The number of benzene rings is 2. The number of carbonyl (C=O) groups is 1. The second kappa shape index (κ2) is 9.71. The topological polar surface area (TPSA) is 71.0 Å². The maximum atomic E-state index is 11.7. The highest BCUT2D eigenvalue weighted by atomic mass is 16.2. The number of nitrogens with one attached hydrogen (secondary N) is 3. The first-order chi connectivity index (χ1) is 13.6. The van der Waals surface area contributed by atoms with E-state index in [4.69, 9.17) is 0 Å². The molecule has 3 N–H and O–H groups in total. The van der Waals surface area contributed by atoms with Gasteiger partial charge in [-0.05, 0) is 37.1 Å². The summed E-state index contributed by atoms with van der Waals surface area (Å²) < 4.78 is 1.95. The molecule has 3 aromatic rings. The Hall–Kier alpha value is -3.12. The van der Waals surface area contributed by atoms with Crippen molar-refractivity contribution in [1.29, 1.82) is 0 Å². The largest absolute Gasteiger partial charge is 0.336 e. The van der Waals surface area contributed by atoms with Crippen LogP contribution in [0.4, 0.5) is 10.5 Å². The fourth-order valence-electron chi connectivity index (χ4n) is 2.84. The summed E-state index contributed by atoms with van der Waals surface area (Å²) in [6.45, 7) is 6.15. The van der Waals surface area contributed by atoms with Gasteiger partial charge in [0.1, 0.15) is 0 Å². The van der Waals surface area contributed by atoms with Crippen molar-refractivity contribution in [3.8, 4) is 0 Å². The van der Waals surface area contributed by atoms with E-state index in [-0.39, 0.29) is 12.1 Å². The third kappa shape index (κ3) is 6.25. The van der Waals surface area contributed by atoms with Crippen LogP contribution in [0.5, 0.6) is 0 Å². The lowest BCUT2D eigenvalue weighted by Gasteiger charge is -2.10. The van der Waals surface area contributed by atoms with Gasteiger partial charge in [0.25, 0.3) is 0 Å². The van der Waals surface area contributed by atoms with Gasteiger partial charge in [-0.2, -0.15) is 5.10 Å². The normalized spacial score (nSPS) is 10.8. The van der Waals surface area contributed by atoms with Crippen molar-refractivity contribution >= 4 is 11.7 Å². The minimum absolute atomic E-state index is 0.112. The molecule has 0 atom stereocenters. The van der Waals surface area contributed by atoms with Crippen LogP contribution < -0.4 is 16.0 Å². The zero-order chi connectivity index (χ0) is 19.8. The van der Waals surface area contributed by atoms with Gasteiger partial charge in [-0.15, -0.1) is 0 Å². The van der Waals surface area contributed by atoms with Crippen LogP contribution in [0.3, 0.4) is 0 Å². The lowest BCUT2D eigenvalue weighted by Crippen LogP contribution is -2.34. The van der Waals surface area contributed by atoms with Gasteiger partial charge in [0.2, 0.25) is 0 Å². The van der Waals surface area contributed by atoms with Crippen LogP contribution in [0, 0.1) is 0 Å². The summed E-state index contributed by atoms with van der Waals surface area (Å²) in [5.41, 5.74) is 4.33. The quantitative estimate of drug-likeness (QED) is 0.560. The molecular formula is C22H27N5O.